The summed E-state index contributed by atoms with van der Waals surface area (Å²) in [6, 6.07) is 22.7. The minimum absolute atomic E-state index is 0.110. The van der Waals surface area contributed by atoms with Crippen LogP contribution in [0, 0.1) is 0 Å². The lowest BCUT2D eigenvalue weighted by Gasteiger charge is -2.16. The Morgan fingerprint density at radius 2 is 1.72 bits per heavy atom. The summed E-state index contributed by atoms with van der Waals surface area (Å²) in [5, 5.41) is 6.02. The molecule has 29 heavy (non-hydrogen) atoms. The normalized spacial score (nSPS) is 11.5. The third-order valence-electron chi connectivity index (χ3n) is 4.12. The molecular weight excluding hydrogens is 384 g/mol. The summed E-state index contributed by atoms with van der Waals surface area (Å²) >= 11 is 4.20. The summed E-state index contributed by atoms with van der Waals surface area (Å²) < 4.78 is 5.75. The van der Waals surface area contributed by atoms with Gasteiger partial charge in [-0.25, -0.2) is 4.98 Å². The van der Waals surface area contributed by atoms with Crippen LogP contribution in [0.2, 0.25) is 0 Å². The third kappa shape index (κ3) is 6.23. The predicted molar refractivity (Wildman–Crippen MR) is 121 cm³/mol. The number of nitrogens with one attached hydrogen (secondary N) is 2. The number of para-hydroxylation sites is 1. The van der Waals surface area contributed by atoms with Crippen molar-refractivity contribution < 1.29 is 9.53 Å². The zero-order valence-electron chi connectivity index (χ0n) is 15.9. The van der Waals surface area contributed by atoms with Gasteiger partial charge in [0, 0.05) is 29.6 Å². The zero-order valence-corrected chi connectivity index (χ0v) is 16.8. The van der Waals surface area contributed by atoms with Crippen molar-refractivity contribution in [3.05, 3.63) is 72.8 Å². The topological polar surface area (TPSA) is 89.3 Å². The summed E-state index contributed by atoms with van der Waals surface area (Å²) in [6.45, 7) is 0.357. The molecule has 0 spiro atoms. The third-order valence-corrected chi connectivity index (χ3v) is 4.59. The molecule has 0 aliphatic heterocycles. The number of rotatable bonds is 9. The molecular formula is C22H24N4O2S. The van der Waals surface area contributed by atoms with E-state index in [9.17, 15) is 4.79 Å². The van der Waals surface area contributed by atoms with Crippen molar-refractivity contribution in [2.45, 2.75) is 6.04 Å². The lowest BCUT2D eigenvalue weighted by atomic mass is 10.1. The number of hydrogen-bond donors (Lipinski definition) is 4. The first-order valence-corrected chi connectivity index (χ1v) is 9.93. The molecule has 4 N–H and O–H groups in total. The number of hydrogen-bond acceptors (Lipinski definition) is 6. The Morgan fingerprint density at radius 3 is 2.41 bits per heavy atom. The Bertz CT molecular complexity index is 923. The van der Waals surface area contributed by atoms with Gasteiger partial charge in [-0.3, -0.25) is 4.79 Å². The Kier molecular flexibility index (Phi) is 7.49. The second-order valence-corrected chi connectivity index (χ2v) is 6.81. The van der Waals surface area contributed by atoms with Gasteiger partial charge in [0.15, 0.2) is 6.61 Å². The number of nitrogens with two attached hydrogens (primary N) is 1. The standard InChI is InChI=1S/C22H24N4O2S/c23-17(15-29)13-24-20-12-11-19(16-7-3-1-4-8-16)26-22(20)28-14-21(27)25-18-9-5-2-6-10-18/h1-12,17,24,29H,13-15,23H2,(H,25,27). The second-order valence-electron chi connectivity index (χ2n) is 6.44. The first-order valence-electron chi connectivity index (χ1n) is 9.30. The van der Waals surface area contributed by atoms with E-state index in [-0.39, 0.29) is 18.6 Å². The SMILES string of the molecule is NC(CS)CNc1ccc(-c2ccccc2)nc1OCC(=O)Nc1ccccc1. The minimum Gasteiger partial charge on any atom is -0.466 e. The van der Waals surface area contributed by atoms with Crippen LogP contribution < -0.4 is 21.1 Å². The van der Waals surface area contributed by atoms with Crippen LogP contribution in [0.4, 0.5) is 11.4 Å². The fourth-order valence-corrected chi connectivity index (χ4v) is 2.74. The van der Waals surface area contributed by atoms with Gasteiger partial charge in [0.25, 0.3) is 5.91 Å². The van der Waals surface area contributed by atoms with Crippen molar-refractivity contribution in [3.63, 3.8) is 0 Å². The van der Waals surface area contributed by atoms with E-state index >= 15 is 0 Å². The highest BCUT2D eigenvalue weighted by molar-refractivity contribution is 7.80. The van der Waals surface area contributed by atoms with Crippen LogP contribution in [0.5, 0.6) is 5.88 Å². The van der Waals surface area contributed by atoms with E-state index in [0.29, 0.717) is 29.6 Å². The maximum Gasteiger partial charge on any atom is 0.262 e. The van der Waals surface area contributed by atoms with Gasteiger partial charge in [0.05, 0.1) is 11.4 Å². The van der Waals surface area contributed by atoms with Gasteiger partial charge >= 0.3 is 0 Å². The maximum absolute atomic E-state index is 12.3. The highest BCUT2D eigenvalue weighted by Gasteiger charge is 2.12. The Morgan fingerprint density at radius 1 is 1.03 bits per heavy atom. The molecule has 0 radical (unpaired) electrons. The van der Waals surface area contributed by atoms with Crippen molar-refractivity contribution in [3.8, 4) is 17.1 Å². The monoisotopic (exact) mass is 408 g/mol. The van der Waals surface area contributed by atoms with Crippen molar-refractivity contribution in [2.75, 3.05) is 29.5 Å². The summed E-state index contributed by atoms with van der Waals surface area (Å²) in [4.78, 5) is 16.9. The van der Waals surface area contributed by atoms with Crippen molar-refractivity contribution >= 4 is 29.9 Å². The lowest BCUT2D eigenvalue weighted by Crippen LogP contribution is -2.31. The summed E-state index contributed by atoms with van der Waals surface area (Å²) in [7, 11) is 0. The van der Waals surface area contributed by atoms with Crippen LogP contribution in [0.15, 0.2) is 72.8 Å². The quantitative estimate of drug-likeness (QED) is 0.407. The second kappa shape index (κ2) is 10.5. The number of pyridine rings is 1. The van der Waals surface area contributed by atoms with E-state index < -0.39 is 0 Å². The molecule has 0 fully saturated rings. The molecule has 0 aliphatic rings. The lowest BCUT2D eigenvalue weighted by molar-refractivity contribution is -0.118. The number of carbonyl (C=O) groups is 1. The summed E-state index contributed by atoms with van der Waals surface area (Å²) in [5.41, 5.74) is 9.04. The molecule has 1 amide bonds. The molecule has 3 aromatic rings. The molecule has 2 aromatic carbocycles. The van der Waals surface area contributed by atoms with E-state index in [2.05, 4.69) is 28.2 Å². The largest absolute Gasteiger partial charge is 0.466 e. The number of amides is 1. The predicted octanol–water partition coefficient (Wildman–Crippen LogP) is 3.44. The summed E-state index contributed by atoms with van der Waals surface area (Å²) in [6.07, 6.45) is 0. The molecule has 0 aliphatic carbocycles. The van der Waals surface area contributed by atoms with Crippen LogP contribution >= 0.6 is 12.6 Å². The summed E-state index contributed by atoms with van der Waals surface area (Å²) in [5.74, 6) is 0.639. The Balaban J connectivity index is 1.74. The van der Waals surface area contributed by atoms with E-state index in [0.717, 1.165) is 11.3 Å². The molecule has 150 valence electrons. The average Bonchev–Trinajstić information content (AvgIpc) is 2.77. The van der Waals surface area contributed by atoms with Crippen LogP contribution in [0.25, 0.3) is 11.3 Å². The molecule has 0 saturated heterocycles. The highest BCUT2D eigenvalue weighted by atomic mass is 32.1. The smallest absolute Gasteiger partial charge is 0.262 e. The van der Waals surface area contributed by atoms with Crippen LogP contribution in [0.1, 0.15) is 0 Å². The van der Waals surface area contributed by atoms with E-state index in [4.69, 9.17) is 10.5 Å². The number of anilines is 2. The van der Waals surface area contributed by atoms with Crippen molar-refractivity contribution in [1.82, 2.24) is 4.98 Å². The fourth-order valence-electron chi connectivity index (χ4n) is 2.61. The van der Waals surface area contributed by atoms with E-state index in [1.807, 2.05) is 72.8 Å². The van der Waals surface area contributed by atoms with Gasteiger partial charge in [0.2, 0.25) is 5.88 Å². The van der Waals surface area contributed by atoms with Gasteiger partial charge < -0.3 is 21.1 Å². The first-order chi connectivity index (χ1) is 14.2. The molecule has 7 heteroatoms. The Labute approximate surface area is 175 Å². The zero-order chi connectivity index (χ0) is 20.5. The van der Waals surface area contributed by atoms with Gasteiger partial charge in [-0.15, -0.1) is 0 Å². The maximum atomic E-state index is 12.3. The Hall–Kier alpha value is -3.03. The number of aromatic nitrogens is 1. The van der Waals surface area contributed by atoms with E-state index in [1.54, 1.807) is 0 Å². The molecule has 0 saturated carbocycles. The number of ether oxygens (including phenoxy) is 1. The van der Waals surface area contributed by atoms with E-state index in [1.165, 1.54) is 0 Å². The molecule has 6 nitrogen and oxygen atoms in total. The molecule has 1 aromatic heterocycles. The number of nitrogens with zero attached hydrogens (tertiary/aromatic N) is 1. The van der Waals surface area contributed by atoms with Crippen LogP contribution in [-0.2, 0) is 4.79 Å². The molecule has 1 heterocycles. The van der Waals surface area contributed by atoms with Crippen LogP contribution in [0.3, 0.4) is 0 Å². The number of carbonyl (C=O) groups excluding carboxylic acids is 1. The van der Waals surface area contributed by atoms with Gasteiger partial charge in [-0.05, 0) is 24.3 Å². The van der Waals surface area contributed by atoms with Crippen LogP contribution in [-0.4, -0.2) is 35.8 Å². The fraction of sp³-hybridized carbons (Fsp3) is 0.182. The molecule has 1 atom stereocenters. The highest BCUT2D eigenvalue weighted by Crippen LogP contribution is 2.27. The van der Waals surface area contributed by atoms with Crippen molar-refractivity contribution in [2.24, 2.45) is 5.73 Å². The van der Waals surface area contributed by atoms with Gasteiger partial charge in [-0.2, -0.15) is 12.6 Å². The average molecular weight is 409 g/mol. The molecule has 3 rings (SSSR count). The number of benzene rings is 2. The first kappa shape index (κ1) is 20.7. The minimum atomic E-state index is -0.263. The molecule has 1 unspecified atom stereocenters. The number of thiol groups is 1. The van der Waals surface area contributed by atoms with Gasteiger partial charge in [-0.1, -0.05) is 48.5 Å². The molecule has 0 bridgehead atoms. The van der Waals surface area contributed by atoms with Crippen molar-refractivity contribution in [1.29, 1.82) is 0 Å². The van der Waals surface area contributed by atoms with Gasteiger partial charge in [0.1, 0.15) is 0 Å².